The molecule has 2 unspecified atom stereocenters. The number of carboxylic acids is 1. The third-order valence-electron chi connectivity index (χ3n) is 7.36. The van der Waals surface area contributed by atoms with E-state index in [9.17, 15) is 4.79 Å². The van der Waals surface area contributed by atoms with Crippen molar-refractivity contribution in [2.45, 2.75) is 44.7 Å². The van der Waals surface area contributed by atoms with Crippen LogP contribution in [-0.4, -0.2) is 49.7 Å². The van der Waals surface area contributed by atoms with E-state index in [2.05, 4.69) is 18.2 Å². The quantitative estimate of drug-likeness (QED) is 0.521. The largest absolute Gasteiger partial charge is 0.493 e. The van der Waals surface area contributed by atoms with Crippen molar-refractivity contribution in [3.8, 4) is 23.0 Å². The molecule has 5 rings (SSSR count). The Morgan fingerprint density at radius 1 is 1.12 bits per heavy atom. The molecule has 2 aromatic carbocycles. The zero-order valence-electron chi connectivity index (χ0n) is 18.7. The minimum Gasteiger partial charge on any atom is -0.493 e. The Morgan fingerprint density at radius 3 is 2.69 bits per heavy atom. The number of fused-ring (bicyclic) bond motifs is 5. The third kappa shape index (κ3) is 3.45. The molecule has 170 valence electrons. The highest BCUT2D eigenvalue weighted by Gasteiger charge is 2.47. The van der Waals surface area contributed by atoms with Gasteiger partial charge in [-0.25, -0.2) is 0 Å². The molecule has 2 aromatic rings. The van der Waals surface area contributed by atoms with Gasteiger partial charge in [0.1, 0.15) is 12.6 Å². The van der Waals surface area contributed by atoms with Crippen LogP contribution in [0.4, 0.5) is 0 Å². The molecule has 7 nitrogen and oxygen atoms in total. The van der Waals surface area contributed by atoms with E-state index < -0.39 is 5.97 Å². The van der Waals surface area contributed by atoms with Crippen molar-refractivity contribution in [1.82, 2.24) is 0 Å². The number of hydrogen-bond acceptors (Lipinski definition) is 5. The summed E-state index contributed by atoms with van der Waals surface area (Å²) in [5, 5.41) is 9.10. The highest BCUT2D eigenvalue weighted by molar-refractivity contribution is 5.66. The Balaban J connectivity index is 1.56. The highest BCUT2D eigenvalue weighted by Crippen LogP contribution is 2.50. The van der Waals surface area contributed by atoms with Gasteiger partial charge in [-0.15, -0.1) is 0 Å². The average Bonchev–Trinajstić information content (AvgIpc) is 3.26. The third-order valence-corrected chi connectivity index (χ3v) is 7.36. The van der Waals surface area contributed by atoms with Crippen LogP contribution in [0.15, 0.2) is 24.3 Å². The Kier molecular flexibility index (Phi) is 5.37. The van der Waals surface area contributed by atoms with E-state index in [1.165, 1.54) is 22.3 Å². The number of unbranched alkanes of at least 4 members (excludes halogenated alkanes) is 1. The van der Waals surface area contributed by atoms with Gasteiger partial charge in [0.25, 0.3) is 0 Å². The van der Waals surface area contributed by atoms with E-state index in [1.807, 2.05) is 6.07 Å². The Morgan fingerprint density at radius 2 is 1.94 bits per heavy atom. The number of methoxy groups -OCH3 is 2. The van der Waals surface area contributed by atoms with Crippen LogP contribution in [0.5, 0.6) is 23.0 Å². The summed E-state index contributed by atoms with van der Waals surface area (Å²) < 4.78 is 23.6. The van der Waals surface area contributed by atoms with Gasteiger partial charge in [0.05, 0.1) is 32.9 Å². The predicted octanol–water partition coefficient (Wildman–Crippen LogP) is 3.86. The van der Waals surface area contributed by atoms with Gasteiger partial charge in [0.15, 0.2) is 23.0 Å². The van der Waals surface area contributed by atoms with Crippen LogP contribution in [0.1, 0.15) is 47.6 Å². The molecule has 0 aliphatic carbocycles. The van der Waals surface area contributed by atoms with Gasteiger partial charge >= 0.3 is 5.97 Å². The zero-order valence-corrected chi connectivity index (χ0v) is 18.7. The smallest absolute Gasteiger partial charge is 0.303 e. The lowest BCUT2D eigenvalue weighted by molar-refractivity contribution is -0.973. The van der Waals surface area contributed by atoms with Crippen molar-refractivity contribution in [2.75, 3.05) is 34.1 Å². The first-order chi connectivity index (χ1) is 15.5. The summed E-state index contributed by atoms with van der Waals surface area (Å²) >= 11 is 0. The lowest BCUT2D eigenvalue weighted by atomic mass is 9.80. The molecule has 3 aliphatic rings. The second-order valence-corrected chi connectivity index (χ2v) is 8.99. The summed E-state index contributed by atoms with van der Waals surface area (Å²) in [5.74, 6) is 2.52. The molecule has 7 heteroatoms. The lowest BCUT2D eigenvalue weighted by Crippen LogP contribution is -2.56. The van der Waals surface area contributed by atoms with Crippen LogP contribution in [0.25, 0.3) is 0 Å². The summed E-state index contributed by atoms with van der Waals surface area (Å²) in [4.78, 5) is 11.1. The number of carboxylic acid groups (broad SMARTS) is 1. The molecular weight excluding hydrogens is 410 g/mol. The number of rotatable bonds is 7. The summed E-state index contributed by atoms with van der Waals surface area (Å²) in [6, 6.07) is 8.78. The first-order valence-corrected chi connectivity index (χ1v) is 11.3. The van der Waals surface area contributed by atoms with Crippen LogP contribution < -0.4 is 18.9 Å². The fourth-order valence-corrected chi connectivity index (χ4v) is 5.78. The summed E-state index contributed by atoms with van der Waals surface area (Å²) in [6.45, 7) is 3.06. The van der Waals surface area contributed by atoms with Crippen LogP contribution in [0, 0.1) is 0 Å². The summed E-state index contributed by atoms with van der Waals surface area (Å²) in [7, 11) is 3.37. The van der Waals surface area contributed by atoms with Crippen LogP contribution >= 0.6 is 0 Å². The molecule has 32 heavy (non-hydrogen) atoms. The maximum absolute atomic E-state index is 11.1. The second kappa shape index (κ2) is 8.20. The predicted molar refractivity (Wildman–Crippen MR) is 117 cm³/mol. The van der Waals surface area contributed by atoms with Crippen molar-refractivity contribution >= 4 is 5.97 Å². The van der Waals surface area contributed by atoms with Gasteiger partial charge < -0.3 is 28.5 Å². The Labute approximate surface area is 188 Å². The molecule has 3 aliphatic heterocycles. The topological polar surface area (TPSA) is 74.2 Å². The zero-order chi connectivity index (χ0) is 22.3. The van der Waals surface area contributed by atoms with Crippen molar-refractivity contribution in [3.05, 3.63) is 46.5 Å². The maximum atomic E-state index is 11.1. The van der Waals surface area contributed by atoms with Gasteiger partial charge in [-0.05, 0) is 42.2 Å². The normalized spacial score (nSPS) is 22.5. The van der Waals surface area contributed by atoms with Gasteiger partial charge in [-0.2, -0.15) is 0 Å². The van der Waals surface area contributed by atoms with Crippen molar-refractivity contribution in [3.63, 3.8) is 0 Å². The maximum Gasteiger partial charge on any atom is 0.303 e. The van der Waals surface area contributed by atoms with E-state index in [4.69, 9.17) is 24.1 Å². The molecule has 0 saturated heterocycles. The Bertz CT molecular complexity index is 1050. The SMILES string of the molecule is COc1ccc2c(c1OC)C[N+]1(CCCCC(=O)O)CCc3cc4c(cc3C1C2)OCO4. The molecule has 0 spiro atoms. The van der Waals surface area contributed by atoms with Gasteiger partial charge in [-0.3, -0.25) is 4.79 Å². The second-order valence-electron chi connectivity index (χ2n) is 8.99. The molecule has 0 amide bonds. The number of carbonyl (C=O) groups is 1. The van der Waals surface area contributed by atoms with E-state index in [0.29, 0.717) is 12.5 Å². The van der Waals surface area contributed by atoms with E-state index in [0.717, 1.165) is 66.4 Å². The van der Waals surface area contributed by atoms with E-state index >= 15 is 0 Å². The first kappa shape index (κ1) is 20.9. The number of benzene rings is 2. The van der Waals surface area contributed by atoms with E-state index in [-0.39, 0.29) is 13.2 Å². The van der Waals surface area contributed by atoms with Gasteiger partial charge in [-0.1, -0.05) is 6.07 Å². The van der Waals surface area contributed by atoms with Crippen molar-refractivity contribution in [2.24, 2.45) is 0 Å². The average molecular weight is 441 g/mol. The summed E-state index contributed by atoms with van der Waals surface area (Å²) in [5.41, 5.74) is 5.17. The standard InChI is InChI=1S/C25H29NO6/c1-29-21-7-6-16-11-20-18-13-23-22(31-15-32-23)12-17(18)8-10-26(20,9-4-3-5-24(27)28)14-19(16)25(21)30-2/h6-7,12-13,20H,3-5,8-11,14-15H2,1-2H3/p+1. The molecule has 3 heterocycles. The van der Waals surface area contributed by atoms with Gasteiger partial charge in [0, 0.05) is 24.8 Å². The highest BCUT2D eigenvalue weighted by atomic mass is 16.7. The fourth-order valence-electron chi connectivity index (χ4n) is 5.78. The molecule has 0 bridgehead atoms. The van der Waals surface area contributed by atoms with Crippen molar-refractivity contribution < 1.29 is 33.3 Å². The van der Waals surface area contributed by atoms with Crippen LogP contribution in [0.2, 0.25) is 0 Å². The number of quaternary nitrogens is 1. The molecule has 1 N–H and O–H groups in total. The molecule has 0 aromatic heterocycles. The number of hydrogen-bond donors (Lipinski definition) is 1. The molecular formula is C25H30NO6+. The molecule has 0 saturated carbocycles. The van der Waals surface area contributed by atoms with Crippen LogP contribution in [-0.2, 0) is 24.2 Å². The lowest BCUT2D eigenvalue weighted by Gasteiger charge is -2.51. The van der Waals surface area contributed by atoms with E-state index in [1.54, 1.807) is 14.2 Å². The molecule has 0 radical (unpaired) electrons. The number of ether oxygens (including phenoxy) is 4. The number of nitrogens with zero attached hydrogens (tertiary/aromatic N) is 1. The molecule has 0 fully saturated rings. The fraction of sp³-hybridized carbons (Fsp3) is 0.480. The first-order valence-electron chi connectivity index (χ1n) is 11.3. The van der Waals surface area contributed by atoms with Gasteiger partial charge in [0.2, 0.25) is 6.79 Å². The summed E-state index contributed by atoms with van der Waals surface area (Å²) in [6.07, 6.45) is 3.65. The van der Waals surface area contributed by atoms with Crippen molar-refractivity contribution in [1.29, 1.82) is 0 Å². The minimum absolute atomic E-state index is 0.216. The monoisotopic (exact) mass is 440 g/mol. The molecule has 2 atom stereocenters. The van der Waals surface area contributed by atoms with Crippen LogP contribution in [0.3, 0.4) is 0 Å². The Hall–Kier alpha value is -2.93. The minimum atomic E-state index is -0.728. The number of aliphatic carboxylic acids is 1.